The summed E-state index contributed by atoms with van der Waals surface area (Å²) in [5.41, 5.74) is 0. The van der Waals surface area contributed by atoms with Crippen molar-refractivity contribution in [1.82, 2.24) is 16.0 Å². The molecule has 11 aliphatic rings. The highest BCUT2D eigenvalue weighted by molar-refractivity contribution is 5.74. The number of hydrogen-bond donors (Lipinski definition) is 33. The van der Waals surface area contributed by atoms with Gasteiger partial charge < -0.3 is 269 Å². The van der Waals surface area contributed by atoms with Gasteiger partial charge in [0.2, 0.25) is 17.7 Å². The molecule has 0 radical (unpaired) electrons. The van der Waals surface area contributed by atoms with E-state index in [0.717, 1.165) is 20.8 Å². The van der Waals surface area contributed by atoms with Crippen molar-refractivity contribution in [2.75, 3.05) is 59.5 Å². The average molecular weight is 1890 g/mol. The Morgan fingerprint density at radius 2 is 0.457 bits per heavy atom. The van der Waals surface area contributed by atoms with Crippen LogP contribution in [0, 0.1) is 0 Å². The lowest BCUT2D eigenvalue weighted by atomic mass is 9.93. The third-order valence-electron chi connectivity index (χ3n) is 24.1. The highest BCUT2D eigenvalue weighted by atomic mass is 16.8. The van der Waals surface area contributed by atoms with Crippen LogP contribution in [-0.4, -0.2) is 568 Å². The van der Waals surface area contributed by atoms with Gasteiger partial charge in [-0.3, -0.25) is 14.4 Å². The van der Waals surface area contributed by atoms with Gasteiger partial charge >= 0.3 is 0 Å². The van der Waals surface area contributed by atoms with E-state index in [2.05, 4.69) is 16.0 Å². The zero-order valence-corrected chi connectivity index (χ0v) is 69.3. The predicted octanol–water partition coefficient (Wildman–Crippen LogP) is -22.5. The van der Waals surface area contributed by atoms with Crippen molar-refractivity contribution in [2.45, 2.75) is 372 Å². The van der Waals surface area contributed by atoms with Crippen LogP contribution in [0.25, 0.3) is 0 Å². The molecule has 55 atom stereocenters. The molecule has 0 aromatic heterocycles. The second kappa shape index (κ2) is 45.8. The summed E-state index contributed by atoms with van der Waals surface area (Å²) in [5.74, 6) is -3.05. The number of nitrogens with one attached hydrogen (secondary N) is 3. The van der Waals surface area contributed by atoms with E-state index >= 15 is 0 Å². The summed E-state index contributed by atoms with van der Waals surface area (Å²) in [7, 11) is 0. The third-order valence-corrected chi connectivity index (χ3v) is 24.1. The third kappa shape index (κ3) is 22.9. The number of carbonyl (C=O) groups excluding carboxylic acids is 3. The quantitative estimate of drug-likeness (QED) is 0.0297. The number of aliphatic hydroxyl groups excluding tert-OH is 30. The number of amides is 3. The van der Waals surface area contributed by atoms with Gasteiger partial charge in [0, 0.05) is 20.8 Å². The number of ether oxygens (including phenoxy) is 21. The van der Waals surface area contributed by atoms with Crippen LogP contribution >= 0.6 is 0 Å². The number of aliphatic hydroxyl groups is 30. The fourth-order valence-electron chi connectivity index (χ4n) is 16.9. The van der Waals surface area contributed by atoms with Gasteiger partial charge in [0.1, 0.15) is 256 Å². The number of rotatable bonds is 32. The molecule has 33 N–H and O–H groups in total. The molecule has 57 nitrogen and oxygen atoms in total. The fourth-order valence-corrected chi connectivity index (χ4v) is 16.9. The first kappa shape index (κ1) is 106. The lowest BCUT2D eigenvalue weighted by molar-refractivity contribution is -0.405. The van der Waals surface area contributed by atoms with Crippen LogP contribution in [0.1, 0.15) is 34.6 Å². The average Bonchev–Trinajstić information content (AvgIpc) is 0.759. The molecule has 748 valence electrons. The van der Waals surface area contributed by atoms with Gasteiger partial charge in [-0.05, 0) is 13.8 Å². The van der Waals surface area contributed by atoms with Crippen LogP contribution in [0.4, 0.5) is 0 Å². The summed E-state index contributed by atoms with van der Waals surface area (Å²) >= 11 is 0. The monoisotopic (exact) mass is 1890 g/mol. The molecule has 0 bridgehead atoms. The minimum absolute atomic E-state index is 0.896. The molecule has 11 rings (SSSR count). The second-order valence-electron chi connectivity index (χ2n) is 33.0. The molecule has 0 saturated carbocycles. The minimum atomic E-state index is -2.56. The SMILES string of the molecule is CC(=O)N[C@H]1[C@H](O[C@@H]2[C@@H](O)[C@H](O)O[C@H](CO)[C@@H]2O)O[C@H](CO[C@@H]2O[C@H](CO)[C@@H](O[C@@H]3O[C@H](CO)[C@H](O)[C@H](O[C@H]4O[C@H](CO)[C@H](O)[C@H](O)[C@H]4O)[C@H]3O[C@@H]3O[C@@H](C)[C@@H](O)[C@@H](O)[C@@H]3O)[C@H](O)[C@H]2NC(C)=O)[C@@H](O[C@@H]2O[C@H](CO)[C@H](O)[C@H](O[C@@H]3O[C@H](CO)[C@@H](O[C@@H]4O[C@H](CO)[C@H](O)[C@H](O[C@H]5O[C@H](CO)[C@H](O)[C@H](O)[C@H]5O)[C@H]4O[C@@H]4O[C@@H](C)[C@@H](O)[C@@H](O)[C@@H]4O)[C@H](O)[C@H]3NC(C)=O)[C@H]2O)[C@@H]1O. The Balaban J connectivity index is 0.895. The molecule has 11 saturated heterocycles. The van der Waals surface area contributed by atoms with Crippen LogP contribution in [-0.2, 0) is 114 Å². The van der Waals surface area contributed by atoms with Gasteiger partial charge in [-0.2, -0.15) is 0 Å². The summed E-state index contributed by atoms with van der Waals surface area (Å²) < 4.78 is 126. The van der Waals surface area contributed by atoms with Gasteiger partial charge in [0.15, 0.2) is 69.2 Å². The highest BCUT2D eigenvalue weighted by Gasteiger charge is 2.63. The summed E-state index contributed by atoms with van der Waals surface area (Å²) in [6, 6.07) is -6.16. The summed E-state index contributed by atoms with van der Waals surface area (Å²) in [4.78, 5) is 39.9. The topological polar surface area (TPSA) is 888 Å². The Kier molecular flexibility index (Phi) is 37.5. The Bertz CT molecular complexity index is 3480. The van der Waals surface area contributed by atoms with E-state index < -0.39 is 415 Å². The molecular formula is C72H121N3O54. The van der Waals surface area contributed by atoms with Crippen molar-refractivity contribution in [3.05, 3.63) is 0 Å². The maximum Gasteiger partial charge on any atom is 0.217 e. The Morgan fingerprint density at radius 1 is 0.217 bits per heavy atom. The first-order valence-electron chi connectivity index (χ1n) is 41.4. The van der Waals surface area contributed by atoms with Gasteiger partial charge in [-0.1, -0.05) is 0 Å². The maximum atomic E-state index is 13.4. The predicted molar refractivity (Wildman–Crippen MR) is 394 cm³/mol. The van der Waals surface area contributed by atoms with E-state index in [1.165, 1.54) is 13.8 Å². The zero-order chi connectivity index (χ0) is 94.8. The summed E-state index contributed by atoms with van der Waals surface area (Å²) in [6.07, 6.45) is -109. The summed E-state index contributed by atoms with van der Waals surface area (Å²) in [5, 5.41) is 342. The molecule has 0 aromatic rings. The molecule has 0 unspecified atom stereocenters. The van der Waals surface area contributed by atoms with Crippen LogP contribution in [0.2, 0.25) is 0 Å². The van der Waals surface area contributed by atoms with Crippen LogP contribution in [0.3, 0.4) is 0 Å². The zero-order valence-electron chi connectivity index (χ0n) is 69.3. The Labute approximate surface area is 730 Å². The van der Waals surface area contributed by atoms with Crippen LogP contribution in [0.5, 0.6) is 0 Å². The van der Waals surface area contributed by atoms with E-state index in [4.69, 9.17) is 99.5 Å². The molecule has 57 heteroatoms. The Hall–Kier alpha value is -3.63. The largest absolute Gasteiger partial charge is 0.394 e. The van der Waals surface area contributed by atoms with E-state index in [0.29, 0.717) is 0 Å². The number of carbonyl (C=O) groups is 3. The normalized spacial score (nSPS) is 51.3. The molecular weight excluding hydrogens is 1770 g/mol. The molecule has 11 aliphatic heterocycles. The molecule has 0 aromatic carbocycles. The van der Waals surface area contributed by atoms with Crippen LogP contribution < -0.4 is 16.0 Å². The first-order valence-corrected chi connectivity index (χ1v) is 41.4. The number of hydrogen-bond acceptors (Lipinski definition) is 54. The van der Waals surface area contributed by atoms with E-state index in [-0.39, 0.29) is 0 Å². The lowest BCUT2D eigenvalue weighted by Gasteiger charge is -2.52. The lowest BCUT2D eigenvalue weighted by Crippen LogP contribution is -2.71. The highest BCUT2D eigenvalue weighted by Crippen LogP contribution is 2.43. The second-order valence-corrected chi connectivity index (χ2v) is 33.0. The first-order chi connectivity index (χ1) is 61.0. The molecule has 0 aliphatic carbocycles. The van der Waals surface area contributed by atoms with Crippen molar-refractivity contribution in [3.8, 4) is 0 Å². The van der Waals surface area contributed by atoms with Crippen molar-refractivity contribution in [1.29, 1.82) is 0 Å². The van der Waals surface area contributed by atoms with Gasteiger partial charge in [0.05, 0.1) is 71.7 Å². The van der Waals surface area contributed by atoms with Crippen molar-refractivity contribution in [2.24, 2.45) is 0 Å². The molecule has 0 spiro atoms. The Morgan fingerprint density at radius 3 is 0.814 bits per heavy atom. The molecule has 129 heavy (non-hydrogen) atoms. The van der Waals surface area contributed by atoms with Gasteiger partial charge in [0.25, 0.3) is 0 Å². The molecule has 3 amide bonds. The van der Waals surface area contributed by atoms with Gasteiger partial charge in [-0.15, -0.1) is 0 Å². The smallest absolute Gasteiger partial charge is 0.217 e. The van der Waals surface area contributed by atoms with Crippen molar-refractivity contribution >= 4 is 17.7 Å². The fraction of sp³-hybridized carbons (Fsp3) is 0.958. The van der Waals surface area contributed by atoms with E-state index in [1.54, 1.807) is 0 Å². The van der Waals surface area contributed by atoms with E-state index in [9.17, 15) is 168 Å². The standard InChI is InChI=1S/C72H121N3O54/c1-15-32(87)43(98)47(102)66(110-15)128-60-58(126-68-49(104)45(100)34(89)20(6-76)113-68)38(93)24(10-80)116-71(60)122-53-26(12-82)118-63(29(40(53)95)73-17(3)84)109-14-28-55(42(97)31(75-19(5)86)65(120-28)124-56-36(91)22(8-78)112-62(108)51(56)106)121-70-52(107)57(37(92)23(9-79)115-70)125-64-30(74-18(4)85)41(96)54(27(13-83)119-64)123-72-61(129-67-48(103)44(99)33(88)16(2)111-67)59(39(94)25(11-81)117-72)127-69-50(105)46(101)35(90)21(7-77)114-69/h15-16,20-72,76-83,87-108H,6-14H2,1-5H3,(H,73,84)(H,74,85)(H,75,86)/t15-,16-,20+,21+,22+,23+,24+,25+,26+,27+,28+,29+,30+,31+,32+,33+,34-,35-,36-,37-,38-,39-,40+,41+,42+,43+,44+,45-,46-,47-,48-,49+,50+,51+,52+,53+,54+,55+,56-,57-,58-,59-,60+,61+,62+,63+,64-,65-,66-,67-,68+,69+,70-,71-,72-/m0/s1. The van der Waals surface area contributed by atoms with Crippen molar-refractivity contribution in [3.63, 3.8) is 0 Å². The minimum Gasteiger partial charge on any atom is -0.394 e. The summed E-state index contributed by atoms with van der Waals surface area (Å²) in [6.45, 7) is -5.18. The van der Waals surface area contributed by atoms with Gasteiger partial charge in [-0.25, -0.2) is 0 Å². The van der Waals surface area contributed by atoms with E-state index in [1.807, 2.05) is 0 Å². The molecule has 11 heterocycles. The molecule has 11 fully saturated rings. The van der Waals surface area contributed by atoms with Crippen LogP contribution in [0.15, 0.2) is 0 Å². The van der Waals surface area contributed by atoms with Crippen molar-refractivity contribution < 1.29 is 267 Å². The maximum absolute atomic E-state index is 13.4.